The van der Waals surface area contributed by atoms with Gasteiger partial charge in [-0.15, -0.1) is 0 Å². The third-order valence-electron chi connectivity index (χ3n) is 3.37. The number of likely N-dealkylation sites (tertiary alicyclic amines) is 1. The number of carboxylic acid groups (broad SMARTS) is 1. The first-order valence-electron chi connectivity index (χ1n) is 5.81. The maximum atomic E-state index is 12.1. The van der Waals surface area contributed by atoms with Crippen LogP contribution in [0.3, 0.4) is 0 Å². The summed E-state index contributed by atoms with van der Waals surface area (Å²) in [5, 5.41) is 9.10. The van der Waals surface area contributed by atoms with Crippen LogP contribution < -0.4 is 0 Å². The number of aliphatic carboxylic acids is 1. The lowest BCUT2D eigenvalue weighted by atomic mass is 10.2. The Labute approximate surface area is 99.5 Å². The van der Waals surface area contributed by atoms with Crippen LogP contribution in [-0.2, 0) is 19.1 Å². The van der Waals surface area contributed by atoms with Gasteiger partial charge in [-0.1, -0.05) is 0 Å². The molecule has 2 saturated heterocycles. The van der Waals surface area contributed by atoms with E-state index in [1.165, 1.54) is 12.0 Å². The second-order valence-electron chi connectivity index (χ2n) is 4.44. The van der Waals surface area contributed by atoms with Gasteiger partial charge in [0.25, 0.3) is 5.91 Å². The molecule has 0 aliphatic carbocycles. The zero-order valence-electron chi connectivity index (χ0n) is 9.80. The van der Waals surface area contributed by atoms with Crippen LogP contribution in [0.25, 0.3) is 0 Å². The van der Waals surface area contributed by atoms with Crippen LogP contribution in [0.5, 0.6) is 0 Å². The predicted molar refractivity (Wildman–Crippen MR) is 57.5 cm³/mol. The third kappa shape index (κ3) is 2.42. The van der Waals surface area contributed by atoms with Crippen LogP contribution in [0, 0.1) is 0 Å². The van der Waals surface area contributed by atoms with Gasteiger partial charge >= 0.3 is 5.97 Å². The van der Waals surface area contributed by atoms with E-state index in [1.54, 1.807) is 0 Å². The lowest BCUT2D eigenvalue weighted by Crippen LogP contribution is -2.45. The number of rotatable bonds is 3. The fourth-order valence-electron chi connectivity index (χ4n) is 2.40. The Bertz CT molecular complexity index is 313. The van der Waals surface area contributed by atoms with Crippen molar-refractivity contribution in [3.05, 3.63) is 0 Å². The standard InChI is InChI=1S/C11H17NO5/c1-16-7-5-8(11(14)15)12(6-7)10(13)9-3-2-4-17-9/h7-9H,2-6H2,1H3,(H,14,15). The molecule has 2 heterocycles. The predicted octanol–water partition coefficient (Wildman–Crippen LogP) is -0.134. The number of nitrogens with zero attached hydrogens (tertiary/aromatic N) is 1. The number of carbonyl (C=O) groups excluding carboxylic acids is 1. The summed E-state index contributed by atoms with van der Waals surface area (Å²) in [5.74, 6) is -1.19. The summed E-state index contributed by atoms with van der Waals surface area (Å²) in [7, 11) is 1.53. The van der Waals surface area contributed by atoms with Crippen molar-refractivity contribution in [1.82, 2.24) is 4.90 Å². The number of amides is 1. The number of carbonyl (C=O) groups is 2. The summed E-state index contributed by atoms with van der Waals surface area (Å²) < 4.78 is 10.4. The monoisotopic (exact) mass is 243 g/mol. The molecule has 3 unspecified atom stereocenters. The second-order valence-corrected chi connectivity index (χ2v) is 4.44. The van der Waals surface area contributed by atoms with Gasteiger partial charge in [0.15, 0.2) is 0 Å². The van der Waals surface area contributed by atoms with Crippen molar-refractivity contribution in [2.75, 3.05) is 20.3 Å². The molecule has 0 aromatic heterocycles. The SMILES string of the molecule is COC1CC(C(=O)O)N(C(=O)C2CCCO2)C1. The van der Waals surface area contributed by atoms with Gasteiger partial charge in [0.1, 0.15) is 12.1 Å². The van der Waals surface area contributed by atoms with Gasteiger partial charge < -0.3 is 19.5 Å². The number of hydrogen-bond donors (Lipinski definition) is 1. The first-order chi connectivity index (χ1) is 8.13. The highest BCUT2D eigenvalue weighted by Gasteiger charge is 2.42. The van der Waals surface area contributed by atoms with Gasteiger partial charge in [-0.05, 0) is 12.8 Å². The van der Waals surface area contributed by atoms with Crippen molar-refractivity contribution in [2.45, 2.75) is 37.5 Å². The molecule has 0 radical (unpaired) electrons. The lowest BCUT2D eigenvalue weighted by molar-refractivity contribution is -0.152. The van der Waals surface area contributed by atoms with Gasteiger partial charge in [0, 0.05) is 26.7 Å². The minimum absolute atomic E-state index is 0.193. The van der Waals surface area contributed by atoms with Crippen molar-refractivity contribution in [1.29, 1.82) is 0 Å². The van der Waals surface area contributed by atoms with E-state index in [4.69, 9.17) is 14.6 Å². The highest BCUT2D eigenvalue weighted by Crippen LogP contribution is 2.24. The number of carboxylic acids is 1. The van der Waals surface area contributed by atoms with Gasteiger partial charge in [-0.25, -0.2) is 4.79 Å². The van der Waals surface area contributed by atoms with Crippen molar-refractivity contribution in [3.8, 4) is 0 Å². The molecule has 2 fully saturated rings. The molecule has 0 aromatic carbocycles. The van der Waals surface area contributed by atoms with Crippen molar-refractivity contribution < 1.29 is 24.2 Å². The Morgan fingerprint density at radius 1 is 1.47 bits per heavy atom. The lowest BCUT2D eigenvalue weighted by Gasteiger charge is -2.23. The molecule has 6 nitrogen and oxygen atoms in total. The maximum Gasteiger partial charge on any atom is 0.326 e. The van der Waals surface area contributed by atoms with E-state index < -0.39 is 18.1 Å². The van der Waals surface area contributed by atoms with Gasteiger partial charge in [0.2, 0.25) is 0 Å². The molecule has 6 heteroatoms. The van der Waals surface area contributed by atoms with E-state index in [-0.39, 0.29) is 12.0 Å². The molecule has 3 atom stereocenters. The second kappa shape index (κ2) is 5.01. The maximum absolute atomic E-state index is 12.1. The van der Waals surface area contributed by atoms with E-state index in [1.807, 2.05) is 0 Å². The fraction of sp³-hybridized carbons (Fsp3) is 0.818. The Morgan fingerprint density at radius 3 is 2.76 bits per heavy atom. The Hall–Kier alpha value is -1.14. The van der Waals surface area contributed by atoms with Crippen molar-refractivity contribution in [2.24, 2.45) is 0 Å². The molecule has 1 amide bonds. The smallest absolute Gasteiger partial charge is 0.326 e. The third-order valence-corrected chi connectivity index (χ3v) is 3.37. The molecule has 0 aromatic rings. The van der Waals surface area contributed by atoms with E-state index in [0.29, 0.717) is 26.0 Å². The van der Waals surface area contributed by atoms with Crippen molar-refractivity contribution in [3.63, 3.8) is 0 Å². The van der Waals surface area contributed by atoms with Crippen molar-refractivity contribution >= 4 is 11.9 Å². The Morgan fingerprint density at radius 2 is 2.24 bits per heavy atom. The summed E-state index contributed by atoms with van der Waals surface area (Å²) in [6.45, 7) is 0.919. The molecule has 2 aliphatic rings. The normalized spacial score (nSPS) is 33.0. The number of ether oxygens (including phenoxy) is 2. The van der Waals surface area contributed by atoms with Gasteiger partial charge in [0.05, 0.1) is 6.10 Å². The molecule has 0 saturated carbocycles. The molecule has 1 N–H and O–H groups in total. The molecule has 0 bridgehead atoms. The molecule has 0 spiro atoms. The fourth-order valence-corrected chi connectivity index (χ4v) is 2.40. The molecule has 2 aliphatic heterocycles. The summed E-state index contributed by atoms with van der Waals surface area (Å²) in [4.78, 5) is 24.6. The quantitative estimate of drug-likeness (QED) is 0.747. The molecule has 96 valence electrons. The van der Waals surface area contributed by atoms with E-state index in [9.17, 15) is 9.59 Å². The van der Waals surface area contributed by atoms with Crippen LogP contribution in [0.15, 0.2) is 0 Å². The Kier molecular flexibility index (Phi) is 3.63. The summed E-state index contributed by atoms with van der Waals surface area (Å²) in [6, 6.07) is -0.781. The minimum Gasteiger partial charge on any atom is -0.480 e. The first kappa shape index (κ1) is 12.3. The van der Waals surface area contributed by atoms with Gasteiger partial charge in [-0.2, -0.15) is 0 Å². The topological polar surface area (TPSA) is 76.1 Å². The number of methoxy groups -OCH3 is 1. The number of hydrogen-bond acceptors (Lipinski definition) is 4. The average Bonchev–Trinajstić information content (AvgIpc) is 2.97. The van der Waals surface area contributed by atoms with E-state index >= 15 is 0 Å². The van der Waals surface area contributed by atoms with Crippen LogP contribution >= 0.6 is 0 Å². The summed E-state index contributed by atoms with van der Waals surface area (Å²) >= 11 is 0. The minimum atomic E-state index is -0.976. The van der Waals surface area contributed by atoms with Gasteiger partial charge in [-0.3, -0.25) is 4.79 Å². The van der Waals surface area contributed by atoms with Crippen LogP contribution in [-0.4, -0.2) is 60.4 Å². The highest BCUT2D eigenvalue weighted by atomic mass is 16.5. The molecule has 17 heavy (non-hydrogen) atoms. The van der Waals surface area contributed by atoms with E-state index in [2.05, 4.69) is 0 Å². The summed E-state index contributed by atoms with van der Waals surface area (Å²) in [6.07, 6.45) is 1.23. The van der Waals surface area contributed by atoms with Crippen LogP contribution in [0.4, 0.5) is 0 Å². The largest absolute Gasteiger partial charge is 0.480 e. The molecular formula is C11H17NO5. The van der Waals surface area contributed by atoms with Crippen LogP contribution in [0.2, 0.25) is 0 Å². The Balaban J connectivity index is 2.06. The average molecular weight is 243 g/mol. The highest BCUT2D eigenvalue weighted by molar-refractivity contribution is 5.87. The van der Waals surface area contributed by atoms with Crippen LogP contribution in [0.1, 0.15) is 19.3 Å². The summed E-state index contributed by atoms with van der Waals surface area (Å²) in [5.41, 5.74) is 0. The first-order valence-corrected chi connectivity index (χ1v) is 5.81. The molecule has 2 rings (SSSR count). The zero-order chi connectivity index (χ0) is 12.4. The zero-order valence-corrected chi connectivity index (χ0v) is 9.80. The molecular weight excluding hydrogens is 226 g/mol. The van der Waals surface area contributed by atoms with E-state index in [0.717, 1.165) is 6.42 Å².